The maximum absolute atomic E-state index is 12.0. The number of nitrogens with zero attached hydrogens (tertiary/aromatic N) is 4. The predicted molar refractivity (Wildman–Crippen MR) is 107 cm³/mol. The Morgan fingerprint density at radius 1 is 1.22 bits per heavy atom. The fourth-order valence-electron chi connectivity index (χ4n) is 5.22. The number of hydrogen-bond acceptors (Lipinski definition) is 5. The number of fused-ring (bicyclic) bond motifs is 3. The largest absolute Gasteiger partial charge is 0.352 e. The van der Waals surface area contributed by atoms with Crippen molar-refractivity contribution in [2.24, 2.45) is 0 Å². The number of rotatable bonds is 1. The SMILES string of the molecule is CC(=O)N1CCCC2(CCc3c(N4CCc5sccc5C4)nc(C)nc32)C1. The van der Waals surface area contributed by atoms with E-state index in [0.29, 0.717) is 0 Å². The number of anilines is 1. The van der Waals surface area contributed by atoms with Crippen molar-refractivity contribution in [3.63, 3.8) is 0 Å². The zero-order chi connectivity index (χ0) is 18.6. The number of thiophene rings is 1. The molecule has 6 heteroatoms. The van der Waals surface area contributed by atoms with Crippen LogP contribution in [0.5, 0.6) is 0 Å². The molecule has 1 aliphatic carbocycles. The fourth-order valence-corrected chi connectivity index (χ4v) is 6.11. The van der Waals surface area contributed by atoms with Crippen molar-refractivity contribution in [3.05, 3.63) is 39.0 Å². The lowest BCUT2D eigenvalue weighted by Gasteiger charge is -2.40. The molecule has 5 rings (SSSR count). The molecular formula is C21H26N4OS. The van der Waals surface area contributed by atoms with Gasteiger partial charge in [0.1, 0.15) is 11.6 Å². The fraction of sp³-hybridized carbons (Fsp3) is 0.571. The molecule has 1 fully saturated rings. The Morgan fingerprint density at radius 2 is 2.11 bits per heavy atom. The molecule has 1 spiro atoms. The molecule has 3 aliphatic rings. The summed E-state index contributed by atoms with van der Waals surface area (Å²) in [7, 11) is 0. The highest BCUT2D eigenvalue weighted by Gasteiger charge is 2.45. The molecule has 2 aromatic heterocycles. The van der Waals surface area contributed by atoms with Crippen LogP contribution in [-0.2, 0) is 29.6 Å². The molecule has 142 valence electrons. The minimum atomic E-state index is 0.0328. The average molecular weight is 383 g/mol. The van der Waals surface area contributed by atoms with Crippen molar-refractivity contribution in [3.8, 4) is 0 Å². The average Bonchev–Trinajstić information content (AvgIpc) is 3.26. The van der Waals surface area contributed by atoms with Gasteiger partial charge in [-0.15, -0.1) is 11.3 Å². The first-order chi connectivity index (χ1) is 13.1. The van der Waals surface area contributed by atoms with Gasteiger partial charge in [-0.25, -0.2) is 9.97 Å². The topological polar surface area (TPSA) is 49.3 Å². The molecule has 0 aromatic carbocycles. The summed E-state index contributed by atoms with van der Waals surface area (Å²) in [5, 5.41) is 2.21. The first kappa shape index (κ1) is 17.2. The van der Waals surface area contributed by atoms with Crippen LogP contribution >= 0.6 is 11.3 Å². The van der Waals surface area contributed by atoms with E-state index in [4.69, 9.17) is 9.97 Å². The van der Waals surface area contributed by atoms with Crippen LogP contribution in [-0.4, -0.2) is 40.4 Å². The van der Waals surface area contributed by atoms with E-state index in [1.54, 1.807) is 6.92 Å². The van der Waals surface area contributed by atoms with Gasteiger partial charge in [0.2, 0.25) is 5.91 Å². The van der Waals surface area contributed by atoms with Gasteiger partial charge < -0.3 is 9.80 Å². The number of likely N-dealkylation sites (tertiary alicyclic amines) is 1. The monoisotopic (exact) mass is 382 g/mol. The van der Waals surface area contributed by atoms with Crippen LogP contribution < -0.4 is 4.90 Å². The van der Waals surface area contributed by atoms with Crippen LogP contribution in [0, 0.1) is 6.92 Å². The second kappa shape index (κ2) is 6.30. The zero-order valence-corrected chi connectivity index (χ0v) is 16.9. The molecule has 0 N–H and O–H groups in total. The van der Waals surface area contributed by atoms with E-state index < -0.39 is 0 Å². The number of piperidine rings is 1. The normalized spacial score (nSPS) is 24.2. The van der Waals surface area contributed by atoms with Gasteiger partial charge >= 0.3 is 0 Å². The number of carbonyl (C=O) groups excluding carboxylic acids is 1. The van der Waals surface area contributed by atoms with Gasteiger partial charge in [-0.05, 0) is 56.0 Å². The van der Waals surface area contributed by atoms with Gasteiger partial charge in [-0.1, -0.05) is 0 Å². The smallest absolute Gasteiger partial charge is 0.219 e. The molecule has 5 nitrogen and oxygen atoms in total. The lowest BCUT2D eigenvalue weighted by atomic mass is 9.77. The highest BCUT2D eigenvalue weighted by Crippen LogP contribution is 2.47. The Morgan fingerprint density at radius 3 is 2.96 bits per heavy atom. The maximum Gasteiger partial charge on any atom is 0.219 e. The first-order valence-electron chi connectivity index (χ1n) is 9.99. The van der Waals surface area contributed by atoms with Gasteiger partial charge in [-0.2, -0.15) is 0 Å². The molecule has 0 radical (unpaired) electrons. The maximum atomic E-state index is 12.0. The number of aryl methyl sites for hydroxylation is 1. The van der Waals surface area contributed by atoms with Crippen molar-refractivity contribution in [1.29, 1.82) is 0 Å². The Hall–Kier alpha value is -1.95. The van der Waals surface area contributed by atoms with Gasteiger partial charge in [0.05, 0.1) is 5.69 Å². The number of aromatic nitrogens is 2. The van der Waals surface area contributed by atoms with E-state index in [1.807, 2.05) is 23.2 Å². The van der Waals surface area contributed by atoms with Crippen molar-refractivity contribution in [1.82, 2.24) is 14.9 Å². The summed E-state index contributed by atoms with van der Waals surface area (Å²) >= 11 is 1.87. The Balaban J connectivity index is 1.53. The number of carbonyl (C=O) groups is 1. The summed E-state index contributed by atoms with van der Waals surface area (Å²) in [6, 6.07) is 2.26. The Bertz CT molecular complexity index is 908. The lowest BCUT2D eigenvalue weighted by Crippen LogP contribution is -2.47. The van der Waals surface area contributed by atoms with E-state index in [9.17, 15) is 4.79 Å². The van der Waals surface area contributed by atoms with E-state index in [-0.39, 0.29) is 11.3 Å². The van der Waals surface area contributed by atoms with Crippen molar-refractivity contribution >= 4 is 23.1 Å². The molecule has 27 heavy (non-hydrogen) atoms. The third-order valence-electron chi connectivity index (χ3n) is 6.58. The Labute approximate surface area is 164 Å². The lowest BCUT2D eigenvalue weighted by molar-refractivity contribution is -0.131. The molecule has 0 saturated carbocycles. The summed E-state index contributed by atoms with van der Waals surface area (Å²) in [5.74, 6) is 2.20. The Kier molecular flexibility index (Phi) is 4.00. The molecule has 1 atom stereocenters. The molecule has 4 heterocycles. The van der Waals surface area contributed by atoms with Crippen molar-refractivity contribution < 1.29 is 4.79 Å². The number of amides is 1. The van der Waals surface area contributed by atoms with Gasteiger partial charge in [-0.3, -0.25) is 4.79 Å². The second-order valence-corrected chi connectivity index (χ2v) is 9.29. The van der Waals surface area contributed by atoms with Crippen LogP contribution in [0.2, 0.25) is 0 Å². The van der Waals surface area contributed by atoms with Crippen molar-refractivity contribution in [2.45, 2.75) is 57.9 Å². The van der Waals surface area contributed by atoms with E-state index in [0.717, 1.165) is 69.9 Å². The van der Waals surface area contributed by atoms with Crippen LogP contribution in [0.4, 0.5) is 5.82 Å². The first-order valence-corrected chi connectivity index (χ1v) is 10.9. The van der Waals surface area contributed by atoms with E-state index in [1.165, 1.54) is 21.7 Å². The van der Waals surface area contributed by atoms with Crippen molar-refractivity contribution in [2.75, 3.05) is 24.5 Å². The second-order valence-electron chi connectivity index (χ2n) is 8.29. The minimum absolute atomic E-state index is 0.0328. The summed E-state index contributed by atoms with van der Waals surface area (Å²) in [5.41, 5.74) is 4.05. The highest BCUT2D eigenvalue weighted by molar-refractivity contribution is 7.10. The summed E-state index contributed by atoms with van der Waals surface area (Å²) in [4.78, 5) is 27.8. The summed E-state index contributed by atoms with van der Waals surface area (Å²) in [6.07, 6.45) is 5.43. The van der Waals surface area contributed by atoms with E-state index >= 15 is 0 Å². The van der Waals surface area contributed by atoms with Gasteiger partial charge in [0.25, 0.3) is 0 Å². The third-order valence-corrected chi connectivity index (χ3v) is 7.61. The van der Waals surface area contributed by atoms with Crippen LogP contribution in [0.25, 0.3) is 0 Å². The standard InChI is InChI=1S/C21H26N4OS/c1-14-22-19-17(4-8-21(19)7-3-9-25(13-21)15(2)26)20(23-14)24-10-5-18-16(12-24)6-11-27-18/h6,11H,3-5,7-10,12-13H2,1-2H3. The molecular weight excluding hydrogens is 356 g/mol. The van der Waals surface area contributed by atoms with Crippen LogP contribution in [0.3, 0.4) is 0 Å². The van der Waals surface area contributed by atoms with Gasteiger partial charge in [0, 0.05) is 49.0 Å². The third kappa shape index (κ3) is 2.76. The molecule has 1 saturated heterocycles. The minimum Gasteiger partial charge on any atom is -0.352 e. The molecule has 2 aliphatic heterocycles. The predicted octanol–water partition coefficient (Wildman–Crippen LogP) is 3.24. The molecule has 1 amide bonds. The highest BCUT2D eigenvalue weighted by atomic mass is 32.1. The quantitative estimate of drug-likeness (QED) is 0.760. The summed E-state index contributed by atoms with van der Waals surface area (Å²) in [6.45, 7) is 7.40. The molecule has 2 aromatic rings. The van der Waals surface area contributed by atoms with E-state index in [2.05, 4.69) is 16.3 Å². The van der Waals surface area contributed by atoms with Gasteiger partial charge in [0.15, 0.2) is 0 Å². The van der Waals surface area contributed by atoms with Crippen LogP contribution in [0.1, 0.15) is 53.7 Å². The molecule has 1 unspecified atom stereocenters. The van der Waals surface area contributed by atoms with Crippen LogP contribution in [0.15, 0.2) is 11.4 Å². The number of hydrogen-bond donors (Lipinski definition) is 0. The molecule has 0 bridgehead atoms. The zero-order valence-electron chi connectivity index (χ0n) is 16.1. The summed E-state index contributed by atoms with van der Waals surface area (Å²) < 4.78 is 0.